The second-order valence-corrected chi connectivity index (χ2v) is 5.46. The molecule has 0 spiro atoms. The van der Waals surface area contributed by atoms with E-state index in [0.29, 0.717) is 5.92 Å². The van der Waals surface area contributed by atoms with Crippen molar-refractivity contribution in [1.82, 2.24) is 10.6 Å². The molecular formula is C14H28N2O2. The minimum Gasteiger partial charge on any atom is -0.381 e. The van der Waals surface area contributed by atoms with Gasteiger partial charge in [0.15, 0.2) is 0 Å². The zero-order valence-corrected chi connectivity index (χ0v) is 12.1. The maximum absolute atomic E-state index is 12.3. The molecule has 4 nitrogen and oxygen atoms in total. The Bertz CT molecular complexity index is 248. The first-order valence-corrected chi connectivity index (χ1v) is 7.20. The van der Waals surface area contributed by atoms with Crippen molar-refractivity contribution in [3.05, 3.63) is 0 Å². The van der Waals surface area contributed by atoms with E-state index in [1.165, 1.54) is 0 Å². The number of carbonyl (C=O) groups excluding carboxylic acids is 1. The predicted molar refractivity (Wildman–Crippen MR) is 73.5 cm³/mol. The maximum Gasteiger partial charge on any atom is 0.227 e. The minimum atomic E-state index is -0.204. The Hall–Kier alpha value is -0.610. The van der Waals surface area contributed by atoms with E-state index in [2.05, 4.69) is 31.4 Å². The van der Waals surface area contributed by atoms with Crippen molar-refractivity contribution in [3.63, 3.8) is 0 Å². The highest BCUT2D eigenvalue weighted by Gasteiger charge is 2.43. The largest absolute Gasteiger partial charge is 0.381 e. The minimum absolute atomic E-state index is 0.204. The maximum atomic E-state index is 12.3. The number of hydrogen-bond donors (Lipinski definition) is 2. The molecule has 0 radical (unpaired) electrons. The van der Waals surface area contributed by atoms with Crippen molar-refractivity contribution in [2.24, 2.45) is 11.3 Å². The summed E-state index contributed by atoms with van der Waals surface area (Å²) in [6.07, 6.45) is 2.89. The summed E-state index contributed by atoms with van der Waals surface area (Å²) in [6.45, 7) is 10.4. The molecule has 1 aliphatic rings. The lowest BCUT2D eigenvalue weighted by molar-refractivity contribution is -0.132. The van der Waals surface area contributed by atoms with E-state index in [1.807, 2.05) is 0 Å². The van der Waals surface area contributed by atoms with Gasteiger partial charge in [0.25, 0.3) is 0 Å². The molecule has 1 fully saturated rings. The zero-order valence-electron chi connectivity index (χ0n) is 12.1. The van der Waals surface area contributed by atoms with Crippen LogP contribution in [-0.4, -0.2) is 38.8 Å². The summed E-state index contributed by atoms with van der Waals surface area (Å²) in [5, 5.41) is 6.37. The van der Waals surface area contributed by atoms with Crippen molar-refractivity contribution in [3.8, 4) is 0 Å². The van der Waals surface area contributed by atoms with E-state index in [9.17, 15) is 4.79 Å². The lowest BCUT2D eigenvalue weighted by Crippen LogP contribution is -2.46. The van der Waals surface area contributed by atoms with Crippen LogP contribution in [0.5, 0.6) is 0 Å². The van der Waals surface area contributed by atoms with Gasteiger partial charge in [0, 0.05) is 26.3 Å². The molecule has 1 aliphatic heterocycles. The number of rotatable bonds is 8. The van der Waals surface area contributed by atoms with E-state index >= 15 is 0 Å². The van der Waals surface area contributed by atoms with Gasteiger partial charge in [0.2, 0.25) is 5.91 Å². The molecule has 1 saturated heterocycles. The Labute approximate surface area is 111 Å². The quantitative estimate of drug-likeness (QED) is 0.648. The average molecular weight is 256 g/mol. The summed E-state index contributed by atoms with van der Waals surface area (Å²) in [7, 11) is 0. The van der Waals surface area contributed by atoms with Gasteiger partial charge in [-0.15, -0.1) is 0 Å². The Balaban J connectivity index is 2.26. The van der Waals surface area contributed by atoms with E-state index in [4.69, 9.17) is 4.74 Å². The molecule has 0 aromatic carbocycles. The van der Waals surface area contributed by atoms with Crippen LogP contribution in [0.4, 0.5) is 0 Å². The van der Waals surface area contributed by atoms with Crippen LogP contribution in [0.15, 0.2) is 0 Å². The van der Waals surface area contributed by atoms with Crippen LogP contribution in [0.25, 0.3) is 0 Å². The van der Waals surface area contributed by atoms with Gasteiger partial charge in [-0.05, 0) is 31.7 Å². The van der Waals surface area contributed by atoms with Crippen LogP contribution in [0, 0.1) is 11.3 Å². The number of amides is 1. The molecular weight excluding hydrogens is 228 g/mol. The van der Waals surface area contributed by atoms with Crippen LogP contribution in [0.3, 0.4) is 0 Å². The molecule has 1 rings (SSSR count). The van der Waals surface area contributed by atoms with Gasteiger partial charge in [-0.2, -0.15) is 0 Å². The molecule has 2 N–H and O–H groups in total. The van der Waals surface area contributed by atoms with Crippen molar-refractivity contribution in [2.75, 3.05) is 32.8 Å². The standard InChI is InChI=1S/C14H28N2O2/c1-4-9-18-10-5-7-16-13(17)14(12(2)3)6-8-15-11-14/h12,15H,4-11H2,1-3H3,(H,16,17). The molecule has 1 amide bonds. The van der Waals surface area contributed by atoms with E-state index in [1.54, 1.807) is 0 Å². The summed E-state index contributed by atoms with van der Waals surface area (Å²) in [4.78, 5) is 12.3. The molecule has 18 heavy (non-hydrogen) atoms. The van der Waals surface area contributed by atoms with Gasteiger partial charge in [0.1, 0.15) is 0 Å². The second-order valence-electron chi connectivity index (χ2n) is 5.46. The summed E-state index contributed by atoms with van der Waals surface area (Å²) in [6, 6.07) is 0. The van der Waals surface area contributed by atoms with Gasteiger partial charge < -0.3 is 15.4 Å². The Morgan fingerprint density at radius 2 is 2.22 bits per heavy atom. The summed E-state index contributed by atoms with van der Waals surface area (Å²) >= 11 is 0. The first-order valence-electron chi connectivity index (χ1n) is 7.20. The van der Waals surface area contributed by atoms with Gasteiger partial charge in [-0.25, -0.2) is 0 Å². The average Bonchev–Trinajstić information content (AvgIpc) is 2.84. The molecule has 0 aromatic rings. The fourth-order valence-corrected chi connectivity index (χ4v) is 2.46. The lowest BCUT2D eigenvalue weighted by Gasteiger charge is -2.31. The monoisotopic (exact) mass is 256 g/mol. The summed E-state index contributed by atoms with van der Waals surface area (Å²) in [5.41, 5.74) is -0.204. The number of ether oxygens (including phenoxy) is 1. The van der Waals surface area contributed by atoms with Gasteiger partial charge in [-0.1, -0.05) is 20.8 Å². The van der Waals surface area contributed by atoms with E-state index in [-0.39, 0.29) is 11.3 Å². The molecule has 1 heterocycles. The Morgan fingerprint density at radius 3 is 2.78 bits per heavy atom. The zero-order chi connectivity index (χ0) is 13.4. The van der Waals surface area contributed by atoms with Crippen molar-refractivity contribution in [1.29, 1.82) is 0 Å². The first kappa shape index (κ1) is 15.4. The summed E-state index contributed by atoms with van der Waals surface area (Å²) in [5.74, 6) is 0.585. The molecule has 0 saturated carbocycles. The topological polar surface area (TPSA) is 50.4 Å². The number of nitrogens with one attached hydrogen (secondary N) is 2. The smallest absolute Gasteiger partial charge is 0.227 e. The van der Waals surface area contributed by atoms with Crippen molar-refractivity contribution < 1.29 is 9.53 Å². The molecule has 0 bridgehead atoms. The van der Waals surface area contributed by atoms with Gasteiger partial charge >= 0.3 is 0 Å². The number of hydrogen-bond acceptors (Lipinski definition) is 3. The Kier molecular flexibility index (Phi) is 6.65. The van der Waals surface area contributed by atoms with Crippen LogP contribution < -0.4 is 10.6 Å². The fourth-order valence-electron chi connectivity index (χ4n) is 2.46. The molecule has 4 heteroatoms. The third kappa shape index (κ3) is 3.95. The lowest BCUT2D eigenvalue weighted by atomic mass is 9.75. The van der Waals surface area contributed by atoms with E-state index < -0.39 is 0 Å². The second kappa shape index (κ2) is 7.74. The first-order chi connectivity index (χ1) is 8.63. The summed E-state index contributed by atoms with van der Waals surface area (Å²) < 4.78 is 5.40. The number of carbonyl (C=O) groups is 1. The Morgan fingerprint density at radius 1 is 1.44 bits per heavy atom. The van der Waals surface area contributed by atoms with Crippen molar-refractivity contribution >= 4 is 5.91 Å². The van der Waals surface area contributed by atoms with Crippen LogP contribution in [-0.2, 0) is 9.53 Å². The SMILES string of the molecule is CCCOCCCNC(=O)C1(C(C)C)CCNC1. The highest BCUT2D eigenvalue weighted by molar-refractivity contribution is 5.83. The molecule has 1 unspecified atom stereocenters. The van der Waals surface area contributed by atoms with Crippen LogP contribution in [0.2, 0.25) is 0 Å². The normalized spacial score (nSPS) is 23.6. The molecule has 1 atom stereocenters. The van der Waals surface area contributed by atoms with Crippen LogP contribution >= 0.6 is 0 Å². The molecule has 0 aliphatic carbocycles. The third-order valence-corrected chi connectivity index (χ3v) is 3.85. The van der Waals surface area contributed by atoms with Gasteiger partial charge in [0.05, 0.1) is 5.41 Å². The van der Waals surface area contributed by atoms with Crippen LogP contribution in [0.1, 0.15) is 40.0 Å². The third-order valence-electron chi connectivity index (χ3n) is 3.85. The van der Waals surface area contributed by atoms with Crippen molar-refractivity contribution in [2.45, 2.75) is 40.0 Å². The highest BCUT2D eigenvalue weighted by atomic mass is 16.5. The fraction of sp³-hybridized carbons (Fsp3) is 0.929. The highest BCUT2D eigenvalue weighted by Crippen LogP contribution is 2.34. The van der Waals surface area contributed by atoms with Gasteiger partial charge in [-0.3, -0.25) is 4.79 Å². The van der Waals surface area contributed by atoms with E-state index in [0.717, 1.165) is 52.1 Å². The molecule has 0 aromatic heterocycles. The predicted octanol–water partition coefficient (Wildman–Crippen LogP) is 1.56. The molecule has 106 valence electrons.